The van der Waals surface area contributed by atoms with Crippen LogP contribution in [0.15, 0.2) is 32.9 Å². The second-order valence-corrected chi connectivity index (χ2v) is 4.41. The highest BCUT2D eigenvalue weighted by atomic mass is 32.2. The zero-order chi connectivity index (χ0) is 12.4. The Morgan fingerprint density at radius 3 is 2.47 bits per heavy atom. The van der Waals surface area contributed by atoms with Crippen molar-refractivity contribution >= 4 is 11.8 Å². The van der Waals surface area contributed by atoms with Crippen LogP contribution in [0.5, 0.6) is 0 Å². The zero-order valence-electron chi connectivity index (χ0n) is 9.04. The summed E-state index contributed by atoms with van der Waals surface area (Å²) in [6.07, 6.45) is 1.42. The Hall–Kier alpha value is -1.40. The molecule has 0 aliphatic heterocycles. The molecule has 2 N–H and O–H groups in total. The fourth-order valence-electron chi connectivity index (χ4n) is 1.29. The highest BCUT2D eigenvalue weighted by Crippen LogP contribution is 2.32. The molecule has 2 rings (SSSR count). The molecule has 3 nitrogen and oxygen atoms in total. The summed E-state index contributed by atoms with van der Waals surface area (Å²) in [6.45, 7) is 1.83. The van der Waals surface area contributed by atoms with Gasteiger partial charge < -0.3 is 10.2 Å². The number of hydrogen-bond donors (Lipinski definition) is 1. The van der Waals surface area contributed by atoms with Gasteiger partial charge in [-0.05, 0) is 36.4 Å². The van der Waals surface area contributed by atoms with Crippen LogP contribution < -0.4 is 5.73 Å². The molecule has 0 aliphatic rings. The van der Waals surface area contributed by atoms with Crippen LogP contribution in [0, 0.1) is 18.6 Å². The summed E-state index contributed by atoms with van der Waals surface area (Å²) in [6, 6.07) is 2.42. The third-order valence-electron chi connectivity index (χ3n) is 2.08. The van der Waals surface area contributed by atoms with Crippen LogP contribution in [0.1, 0.15) is 11.3 Å². The van der Waals surface area contributed by atoms with Crippen LogP contribution in [0.4, 0.5) is 8.78 Å². The lowest BCUT2D eigenvalue weighted by Gasteiger charge is -2.04. The second kappa shape index (κ2) is 4.85. The molecule has 0 radical (unpaired) electrons. The van der Waals surface area contributed by atoms with E-state index in [1.54, 1.807) is 6.92 Å². The number of aromatic nitrogens is 1. The summed E-state index contributed by atoms with van der Waals surface area (Å²) in [5, 5.41) is 0.209. The molecule has 6 heteroatoms. The lowest BCUT2D eigenvalue weighted by Crippen LogP contribution is -1.99. The maximum atomic E-state index is 13.6. The van der Waals surface area contributed by atoms with Crippen LogP contribution in [0.3, 0.4) is 0 Å². The molecule has 0 atom stereocenters. The highest BCUT2D eigenvalue weighted by Gasteiger charge is 2.15. The van der Waals surface area contributed by atoms with E-state index in [-0.39, 0.29) is 16.7 Å². The molecule has 1 aromatic heterocycles. The number of rotatable bonds is 3. The third-order valence-corrected chi connectivity index (χ3v) is 3.04. The van der Waals surface area contributed by atoms with E-state index in [4.69, 9.17) is 10.2 Å². The van der Waals surface area contributed by atoms with Gasteiger partial charge in [-0.2, -0.15) is 0 Å². The summed E-state index contributed by atoms with van der Waals surface area (Å²) in [7, 11) is 0. The Morgan fingerprint density at radius 1 is 1.35 bits per heavy atom. The summed E-state index contributed by atoms with van der Waals surface area (Å²) in [4.78, 5) is 3.83. The van der Waals surface area contributed by atoms with Crippen molar-refractivity contribution in [3.05, 3.63) is 41.3 Å². The van der Waals surface area contributed by atoms with Crippen molar-refractivity contribution in [3.63, 3.8) is 0 Å². The van der Waals surface area contributed by atoms with Crippen molar-refractivity contribution in [2.75, 3.05) is 0 Å². The van der Waals surface area contributed by atoms with Crippen LogP contribution in [0.2, 0.25) is 0 Å². The zero-order valence-corrected chi connectivity index (χ0v) is 9.85. The van der Waals surface area contributed by atoms with E-state index in [1.807, 2.05) is 0 Å². The molecule has 2 aromatic rings. The Kier molecular flexibility index (Phi) is 3.44. The fraction of sp³-hybridized carbons (Fsp3) is 0.182. The minimum atomic E-state index is -0.661. The summed E-state index contributed by atoms with van der Waals surface area (Å²) in [5.74, 6) is -1.32. The van der Waals surface area contributed by atoms with Gasteiger partial charge in [0.05, 0.1) is 10.6 Å². The normalized spacial score (nSPS) is 10.8. The van der Waals surface area contributed by atoms with Gasteiger partial charge in [0.25, 0.3) is 5.22 Å². The molecule has 0 aliphatic carbocycles. The third kappa shape index (κ3) is 2.65. The van der Waals surface area contributed by atoms with Gasteiger partial charge >= 0.3 is 0 Å². The van der Waals surface area contributed by atoms with Crippen molar-refractivity contribution in [3.8, 4) is 0 Å². The van der Waals surface area contributed by atoms with Gasteiger partial charge in [-0.1, -0.05) is 0 Å². The van der Waals surface area contributed by atoms with Gasteiger partial charge in [0.15, 0.2) is 0 Å². The first-order chi connectivity index (χ1) is 8.10. The van der Waals surface area contributed by atoms with E-state index in [0.717, 1.165) is 11.8 Å². The first-order valence-corrected chi connectivity index (χ1v) is 5.69. The van der Waals surface area contributed by atoms with Gasteiger partial charge in [0.1, 0.15) is 17.9 Å². The van der Waals surface area contributed by atoms with E-state index in [2.05, 4.69) is 4.98 Å². The largest absolute Gasteiger partial charge is 0.439 e. The Labute approximate surface area is 101 Å². The molecule has 0 spiro atoms. The Bertz CT molecular complexity index is 519. The Balaban J connectivity index is 2.33. The van der Waals surface area contributed by atoms with Crippen LogP contribution in [-0.2, 0) is 6.54 Å². The molecule has 90 valence electrons. The fourth-order valence-corrected chi connectivity index (χ4v) is 2.07. The first-order valence-electron chi connectivity index (χ1n) is 4.88. The summed E-state index contributed by atoms with van der Waals surface area (Å²) < 4.78 is 32.2. The van der Waals surface area contributed by atoms with Gasteiger partial charge in [0, 0.05) is 6.54 Å². The second-order valence-electron chi connectivity index (χ2n) is 3.45. The molecule has 1 heterocycles. The number of hydrogen-bond acceptors (Lipinski definition) is 4. The van der Waals surface area contributed by atoms with Crippen LogP contribution in [0.25, 0.3) is 0 Å². The van der Waals surface area contributed by atoms with Crippen LogP contribution >= 0.6 is 11.8 Å². The predicted molar refractivity (Wildman–Crippen MR) is 59.6 cm³/mol. The molecule has 0 unspecified atom stereocenters. The van der Waals surface area contributed by atoms with Crippen molar-refractivity contribution < 1.29 is 13.2 Å². The Morgan fingerprint density at radius 2 is 2.00 bits per heavy atom. The highest BCUT2D eigenvalue weighted by molar-refractivity contribution is 7.99. The van der Waals surface area contributed by atoms with E-state index in [9.17, 15) is 8.78 Å². The van der Waals surface area contributed by atoms with Crippen molar-refractivity contribution in [2.45, 2.75) is 23.6 Å². The molecule has 1 aromatic carbocycles. The summed E-state index contributed by atoms with van der Waals surface area (Å²) in [5.41, 5.74) is 6.39. The lowest BCUT2D eigenvalue weighted by molar-refractivity contribution is 0.451. The molecule has 0 amide bonds. The molecule has 0 saturated heterocycles. The molecule has 0 fully saturated rings. The maximum Gasteiger partial charge on any atom is 0.260 e. The topological polar surface area (TPSA) is 52.0 Å². The van der Waals surface area contributed by atoms with E-state index < -0.39 is 11.6 Å². The van der Waals surface area contributed by atoms with Gasteiger partial charge in [-0.25, -0.2) is 13.8 Å². The standard InChI is InChI=1S/C11H10F2N2OS/c1-6-5-16-11(15-6)17-10-8(12)2-7(4-14)3-9(10)13/h2-3,5H,4,14H2,1H3. The average molecular weight is 256 g/mol. The molecular formula is C11H10F2N2OS. The van der Waals surface area contributed by atoms with Crippen molar-refractivity contribution in [1.29, 1.82) is 0 Å². The molecule has 0 bridgehead atoms. The number of aryl methyl sites for hydroxylation is 1. The number of halogens is 2. The van der Waals surface area contributed by atoms with E-state index >= 15 is 0 Å². The molecule has 0 saturated carbocycles. The minimum Gasteiger partial charge on any atom is -0.439 e. The number of benzene rings is 1. The minimum absolute atomic E-state index is 0.0941. The monoisotopic (exact) mass is 256 g/mol. The smallest absolute Gasteiger partial charge is 0.260 e. The number of nitrogens with zero attached hydrogens (tertiary/aromatic N) is 1. The first kappa shape index (κ1) is 12.1. The van der Waals surface area contributed by atoms with Gasteiger partial charge in [-0.3, -0.25) is 0 Å². The quantitative estimate of drug-likeness (QED) is 0.917. The number of oxazole rings is 1. The molecular weight excluding hydrogens is 246 g/mol. The number of nitrogens with two attached hydrogens (primary N) is 1. The van der Waals surface area contributed by atoms with E-state index in [1.165, 1.54) is 18.4 Å². The lowest BCUT2D eigenvalue weighted by atomic mass is 10.2. The van der Waals surface area contributed by atoms with E-state index in [0.29, 0.717) is 11.3 Å². The van der Waals surface area contributed by atoms with Crippen molar-refractivity contribution in [2.24, 2.45) is 5.73 Å². The maximum absolute atomic E-state index is 13.6. The average Bonchev–Trinajstić information content (AvgIpc) is 2.69. The molecule has 17 heavy (non-hydrogen) atoms. The van der Waals surface area contributed by atoms with Gasteiger partial charge in [-0.15, -0.1) is 0 Å². The van der Waals surface area contributed by atoms with Gasteiger partial charge in [0.2, 0.25) is 0 Å². The predicted octanol–water partition coefficient (Wildman–Crippen LogP) is 2.87. The van der Waals surface area contributed by atoms with Crippen molar-refractivity contribution in [1.82, 2.24) is 4.98 Å². The van der Waals surface area contributed by atoms with Crippen LogP contribution in [-0.4, -0.2) is 4.98 Å². The SMILES string of the molecule is Cc1coc(Sc2c(F)cc(CN)cc2F)n1. The summed E-state index contributed by atoms with van der Waals surface area (Å²) >= 11 is 0.812.